The maximum atomic E-state index is 11.3. The minimum absolute atomic E-state index is 0.235. The molecule has 0 radical (unpaired) electrons. The molecule has 0 saturated carbocycles. The van der Waals surface area contributed by atoms with Gasteiger partial charge in [0.15, 0.2) is 0 Å². The maximum absolute atomic E-state index is 11.3. The van der Waals surface area contributed by atoms with Gasteiger partial charge in [0.1, 0.15) is 0 Å². The van der Waals surface area contributed by atoms with Gasteiger partial charge in [-0.05, 0) is 25.8 Å². The molecule has 0 spiro atoms. The van der Waals surface area contributed by atoms with Crippen molar-refractivity contribution in [3.8, 4) is 0 Å². The van der Waals surface area contributed by atoms with Crippen LogP contribution in [0.25, 0.3) is 0 Å². The highest BCUT2D eigenvalue weighted by atomic mass is 32.2. The van der Waals surface area contributed by atoms with E-state index in [-0.39, 0.29) is 5.12 Å². The lowest BCUT2D eigenvalue weighted by atomic mass is 10.2. The summed E-state index contributed by atoms with van der Waals surface area (Å²) in [6.07, 6.45) is 6.85. The van der Waals surface area contributed by atoms with Gasteiger partial charge in [-0.2, -0.15) is 0 Å². The zero-order chi connectivity index (χ0) is 10.1. The van der Waals surface area contributed by atoms with E-state index in [1.807, 2.05) is 19.9 Å². The first-order valence-corrected chi connectivity index (χ1v) is 6.01. The molecule has 1 nitrogen and oxygen atoms in total. The van der Waals surface area contributed by atoms with E-state index < -0.39 is 0 Å². The predicted octanol–water partition coefficient (Wildman–Crippen LogP) is 3.79. The summed E-state index contributed by atoms with van der Waals surface area (Å²) in [5.74, 6) is 0.976. The molecule has 0 N–H and O–H groups in total. The van der Waals surface area contributed by atoms with E-state index in [4.69, 9.17) is 0 Å². The van der Waals surface area contributed by atoms with Gasteiger partial charge in [0, 0.05) is 5.75 Å². The molecule has 2 heteroatoms. The second-order valence-electron chi connectivity index (χ2n) is 3.17. The Morgan fingerprint density at radius 1 is 1.31 bits per heavy atom. The van der Waals surface area contributed by atoms with Gasteiger partial charge in [-0.15, -0.1) is 0 Å². The molecule has 0 unspecified atom stereocenters. The van der Waals surface area contributed by atoms with Crippen LogP contribution in [0.3, 0.4) is 0 Å². The Bertz CT molecular complexity index is 173. The van der Waals surface area contributed by atoms with Crippen molar-refractivity contribution in [3.05, 3.63) is 11.6 Å². The van der Waals surface area contributed by atoms with Gasteiger partial charge in [-0.3, -0.25) is 4.79 Å². The Kier molecular flexibility index (Phi) is 8.21. The lowest BCUT2D eigenvalue weighted by molar-refractivity contribution is -0.107. The lowest BCUT2D eigenvalue weighted by Crippen LogP contribution is -1.94. The van der Waals surface area contributed by atoms with E-state index in [0.29, 0.717) is 0 Å². The van der Waals surface area contributed by atoms with Crippen molar-refractivity contribution in [3.63, 3.8) is 0 Å². The zero-order valence-electron chi connectivity index (χ0n) is 8.93. The summed E-state index contributed by atoms with van der Waals surface area (Å²) in [6.45, 7) is 5.98. The molecule has 0 aromatic heterocycles. The van der Waals surface area contributed by atoms with Crippen molar-refractivity contribution in [1.29, 1.82) is 0 Å². The largest absolute Gasteiger partial charge is 0.282 e. The van der Waals surface area contributed by atoms with Crippen LogP contribution in [0.5, 0.6) is 0 Å². The molecule has 0 saturated heterocycles. The second-order valence-corrected chi connectivity index (χ2v) is 4.24. The summed E-state index contributed by atoms with van der Waals surface area (Å²) >= 11 is 1.45. The van der Waals surface area contributed by atoms with Gasteiger partial charge < -0.3 is 0 Å². The highest BCUT2D eigenvalue weighted by Crippen LogP contribution is 2.13. The highest BCUT2D eigenvalue weighted by Gasteiger charge is 2.02. The number of carbonyl (C=O) groups is 1. The molecular formula is C11H20OS. The molecule has 0 aromatic carbocycles. The number of allylic oxidation sites excluding steroid dienone is 1. The molecule has 0 aliphatic heterocycles. The third-order valence-electron chi connectivity index (χ3n) is 1.99. The number of unbranched alkanes of at least 4 members (excludes halogenated alkanes) is 3. The summed E-state index contributed by atoms with van der Waals surface area (Å²) in [5, 5.41) is 0.235. The van der Waals surface area contributed by atoms with Crippen molar-refractivity contribution in [2.24, 2.45) is 0 Å². The third-order valence-corrected chi connectivity index (χ3v) is 3.06. The molecule has 13 heavy (non-hydrogen) atoms. The van der Waals surface area contributed by atoms with Gasteiger partial charge in [-0.1, -0.05) is 44.0 Å². The van der Waals surface area contributed by atoms with E-state index in [9.17, 15) is 4.79 Å². The summed E-state index contributed by atoms with van der Waals surface area (Å²) in [7, 11) is 0. The lowest BCUT2D eigenvalue weighted by Gasteiger charge is -1.99. The molecule has 0 aromatic rings. The van der Waals surface area contributed by atoms with E-state index >= 15 is 0 Å². The fourth-order valence-electron chi connectivity index (χ4n) is 0.925. The van der Waals surface area contributed by atoms with Gasteiger partial charge in [-0.25, -0.2) is 0 Å². The molecule has 0 aliphatic rings. The summed E-state index contributed by atoms with van der Waals surface area (Å²) in [6, 6.07) is 0. The average Bonchev–Trinajstić information content (AvgIpc) is 2.16. The van der Waals surface area contributed by atoms with Crippen LogP contribution in [-0.4, -0.2) is 10.9 Å². The normalized spacial score (nSPS) is 11.8. The topological polar surface area (TPSA) is 17.1 Å². The molecule has 0 bridgehead atoms. The van der Waals surface area contributed by atoms with Crippen LogP contribution in [0.1, 0.15) is 46.5 Å². The first-order valence-electron chi connectivity index (χ1n) is 5.02. The Hall–Kier alpha value is -0.240. The molecular weight excluding hydrogens is 180 g/mol. The predicted molar refractivity (Wildman–Crippen MR) is 61.0 cm³/mol. The molecule has 0 rings (SSSR count). The quantitative estimate of drug-likeness (QED) is 0.479. The van der Waals surface area contributed by atoms with Crippen molar-refractivity contribution < 1.29 is 4.79 Å². The Morgan fingerprint density at radius 3 is 2.54 bits per heavy atom. The summed E-state index contributed by atoms with van der Waals surface area (Å²) in [5.41, 5.74) is 0.875. The number of thioether (sulfide) groups is 1. The van der Waals surface area contributed by atoms with Crippen LogP contribution in [0.2, 0.25) is 0 Å². The van der Waals surface area contributed by atoms with E-state index in [1.165, 1.54) is 37.4 Å². The van der Waals surface area contributed by atoms with E-state index in [0.717, 1.165) is 11.3 Å². The van der Waals surface area contributed by atoms with Gasteiger partial charge in [0.2, 0.25) is 5.12 Å². The van der Waals surface area contributed by atoms with Gasteiger partial charge in [0.25, 0.3) is 0 Å². The van der Waals surface area contributed by atoms with Crippen LogP contribution >= 0.6 is 11.8 Å². The average molecular weight is 200 g/mol. The monoisotopic (exact) mass is 200 g/mol. The Balaban J connectivity index is 3.38. The number of carbonyl (C=O) groups excluding carboxylic acids is 1. The number of hydrogen-bond acceptors (Lipinski definition) is 2. The fraction of sp³-hybridized carbons (Fsp3) is 0.727. The Labute approximate surface area is 86.0 Å². The summed E-state index contributed by atoms with van der Waals surface area (Å²) in [4.78, 5) is 11.3. The highest BCUT2D eigenvalue weighted by molar-refractivity contribution is 8.14. The molecule has 0 atom stereocenters. The van der Waals surface area contributed by atoms with Crippen molar-refractivity contribution >= 4 is 16.9 Å². The van der Waals surface area contributed by atoms with Crippen molar-refractivity contribution in [2.45, 2.75) is 46.5 Å². The number of hydrogen-bond donors (Lipinski definition) is 0. The van der Waals surface area contributed by atoms with Gasteiger partial charge >= 0.3 is 0 Å². The zero-order valence-corrected chi connectivity index (χ0v) is 9.75. The minimum atomic E-state index is 0.235. The molecule has 0 heterocycles. The first-order chi connectivity index (χ1) is 6.22. The molecule has 0 amide bonds. The SMILES string of the molecule is C/C=C(\C)C(=O)SCCCCCC. The molecule has 0 fully saturated rings. The van der Waals surface area contributed by atoms with Crippen LogP contribution in [0.4, 0.5) is 0 Å². The standard InChI is InChI=1S/C11H20OS/c1-4-6-7-8-9-13-11(12)10(3)5-2/h5H,4,6-9H2,1-3H3/b10-5+. The Morgan fingerprint density at radius 2 is 2.00 bits per heavy atom. The van der Waals surface area contributed by atoms with Crippen molar-refractivity contribution in [1.82, 2.24) is 0 Å². The van der Waals surface area contributed by atoms with Gasteiger partial charge in [0.05, 0.1) is 0 Å². The molecule has 76 valence electrons. The maximum Gasteiger partial charge on any atom is 0.214 e. The fourth-order valence-corrected chi connectivity index (χ4v) is 1.80. The van der Waals surface area contributed by atoms with Crippen LogP contribution < -0.4 is 0 Å². The van der Waals surface area contributed by atoms with Crippen LogP contribution in [0.15, 0.2) is 11.6 Å². The van der Waals surface area contributed by atoms with Crippen LogP contribution in [-0.2, 0) is 4.79 Å². The second kappa shape index (κ2) is 8.36. The minimum Gasteiger partial charge on any atom is -0.282 e. The first kappa shape index (κ1) is 12.8. The van der Waals surface area contributed by atoms with Crippen molar-refractivity contribution in [2.75, 3.05) is 5.75 Å². The number of rotatable bonds is 6. The summed E-state index contributed by atoms with van der Waals surface area (Å²) < 4.78 is 0. The molecule has 0 aliphatic carbocycles. The smallest absolute Gasteiger partial charge is 0.214 e. The van der Waals surface area contributed by atoms with E-state index in [2.05, 4.69) is 6.92 Å². The third kappa shape index (κ3) is 6.88. The van der Waals surface area contributed by atoms with E-state index in [1.54, 1.807) is 0 Å². The van der Waals surface area contributed by atoms with Crippen LogP contribution in [0, 0.1) is 0 Å².